The van der Waals surface area contributed by atoms with Gasteiger partial charge >= 0.3 is 0 Å². The van der Waals surface area contributed by atoms with Crippen molar-refractivity contribution in [3.8, 4) is 0 Å². The second-order valence-corrected chi connectivity index (χ2v) is 6.88. The van der Waals surface area contributed by atoms with Gasteiger partial charge in [-0.1, -0.05) is 58.6 Å². The van der Waals surface area contributed by atoms with E-state index >= 15 is 0 Å². The standard InChI is InChI=1S/C13H8Cl4O2/c14-7-9(18)8(15)12(17)13(11(7)16)6-3-4-1-2-5(6)10(4)19-13/h1-2,4-6,10H,3H2. The van der Waals surface area contributed by atoms with Crippen LogP contribution in [0.3, 0.4) is 0 Å². The topological polar surface area (TPSA) is 26.3 Å². The van der Waals surface area contributed by atoms with Crippen LogP contribution in [0.15, 0.2) is 32.3 Å². The van der Waals surface area contributed by atoms with Crippen LogP contribution in [0.5, 0.6) is 0 Å². The van der Waals surface area contributed by atoms with Gasteiger partial charge in [-0.05, 0) is 6.42 Å². The summed E-state index contributed by atoms with van der Waals surface area (Å²) >= 11 is 24.7. The number of carbonyl (C=O) groups excluding carboxylic acids is 1. The summed E-state index contributed by atoms with van der Waals surface area (Å²) in [6, 6.07) is 0. The monoisotopic (exact) mass is 336 g/mol. The third kappa shape index (κ3) is 1.28. The summed E-state index contributed by atoms with van der Waals surface area (Å²) in [5.74, 6) is 0.249. The molecule has 1 spiro atoms. The smallest absolute Gasteiger partial charge is 0.218 e. The zero-order chi connectivity index (χ0) is 13.5. The van der Waals surface area contributed by atoms with Crippen LogP contribution in [0.1, 0.15) is 6.42 Å². The van der Waals surface area contributed by atoms with Gasteiger partial charge in [0.2, 0.25) is 5.78 Å². The highest BCUT2D eigenvalue weighted by Crippen LogP contribution is 2.65. The fourth-order valence-corrected chi connectivity index (χ4v) is 5.15. The average Bonchev–Trinajstić information content (AvgIpc) is 3.07. The molecule has 0 radical (unpaired) electrons. The number of allylic oxidation sites excluding steroid dienone is 2. The highest BCUT2D eigenvalue weighted by Gasteiger charge is 2.67. The first-order valence-electron chi connectivity index (χ1n) is 6.01. The van der Waals surface area contributed by atoms with Crippen LogP contribution in [0, 0.1) is 17.8 Å². The van der Waals surface area contributed by atoms with Crippen LogP contribution >= 0.6 is 46.4 Å². The number of Topliss-reactive ketones (excluding diaryl/α,β-unsaturated/α-hetero) is 1. The number of carbonyl (C=O) groups is 1. The predicted molar refractivity (Wildman–Crippen MR) is 74.3 cm³/mol. The number of ketones is 1. The molecular formula is C13H8Cl4O2. The van der Waals surface area contributed by atoms with Gasteiger partial charge in [-0.15, -0.1) is 0 Å². The minimum Gasteiger partial charge on any atom is -0.359 e. The summed E-state index contributed by atoms with van der Waals surface area (Å²) in [6.07, 6.45) is 5.31. The molecule has 2 fully saturated rings. The Morgan fingerprint density at radius 3 is 2.26 bits per heavy atom. The minimum absolute atomic E-state index is 0.0645. The fraction of sp³-hybridized carbons (Fsp3) is 0.462. The lowest BCUT2D eigenvalue weighted by Crippen LogP contribution is -2.45. The first-order chi connectivity index (χ1) is 8.98. The van der Waals surface area contributed by atoms with Crippen molar-refractivity contribution < 1.29 is 9.53 Å². The second-order valence-electron chi connectivity index (χ2n) is 5.37. The van der Waals surface area contributed by atoms with Crippen molar-refractivity contribution in [2.75, 3.05) is 0 Å². The van der Waals surface area contributed by atoms with Crippen LogP contribution in [0.2, 0.25) is 0 Å². The van der Waals surface area contributed by atoms with Gasteiger partial charge in [-0.3, -0.25) is 4.79 Å². The normalized spacial score (nSPS) is 42.2. The lowest BCUT2D eigenvalue weighted by molar-refractivity contribution is -0.112. The van der Waals surface area contributed by atoms with E-state index in [4.69, 9.17) is 51.1 Å². The number of ether oxygens (including phenoxy) is 1. The van der Waals surface area contributed by atoms with Crippen molar-refractivity contribution in [1.29, 1.82) is 0 Å². The molecule has 6 heteroatoms. The number of hydrogen-bond donors (Lipinski definition) is 0. The quantitative estimate of drug-likeness (QED) is 0.626. The molecule has 4 rings (SSSR count). The lowest BCUT2D eigenvalue weighted by Gasteiger charge is -2.41. The molecule has 0 amide bonds. The Morgan fingerprint density at radius 1 is 1.11 bits per heavy atom. The molecule has 4 atom stereocenters. The Balaban J connectivity index is 1.92. The molecule has 1 heterocycles. The molecule has 1 saturated carbocycles. The van der Waals surface area contributed by atoms with Crippen molar-refractivity contribution in [2.45, 2.75) is 18.1 Å². The molecule has 100 valence electrons. The SMILES string of the molecule is O=C1C(Cl)=C(Cl)C2(OC3C4C=CC3C2C4)C(Cl)=C1Cl. The highest BCUT2D eigenvalue weighted by atomic mass is 35.5. The second kappa shape index (κ2) is 3.80. The first-order valence-corrected chi connectivity index (χ1v) is 7.52. The van der Waals surface area contributed by atoms with Crippen molar-refractivity contribution in [3.05, 3.63) is 32.3 Å². The van der Waals surface area contributed by atoms with Gasteiger partial charge in [0, 0.05) is 17.8 Å². The Morgan fingerprint density at radius 2 is 1.74 bits per heavy atom. The van der Waals surface area contributed by atoms with Gasteiger partial charge in [0.25, 0.3) is 0 Å². The van der Waals surface area contributed by atoms with Crippen LogP contribution in [0.25, 0.3) is 0 Å². The molecule has 3 aliphatic carbocycles. The van der Waals surface area contributed by atoms with Crippen LogP contribution in [-0.4, -0.2) is 17.5 Å². The molecule has 2 nitrogen and oxygen atoms in total. The van der Waals surface area contributed by atoms with Gasteiger partial charge in [0.15, 0.2) is 0 Å². The van der Waals surface area contributed by atoms with Gasteiger partial charge in [0.1, 0.15) is 15.7 Å². The maximum absolute atomic E-state index is 11.8. The minimum atomic E-state index is -1.01. The van der Waals surface area contributed by atoms with E-state index < -0.39 is 11.4 Å². The van der Waals surface area contributed by atoms with Crippen LogP contribution in [-0.2, 0) is 9.53 Å². The van der Waals surface area contributed by atoms with Crippen molar-refractivity contribution in [3.63, 3.8) is 0 Å². The molecule has 4 unspecified atom stereocenters. The molecule has 0 aromatic carbocycles. The van der Waals surface area contributed by atoms with Crippen molar-refractivity contribution >= 4 is 52.2 Å². The van der Waals surface area contributed by atoms with E-state index in [1.54, 1.807) is 0 Å². The summed E-state index contributed by atoms with van der Waals surface area (Å²) in [7, 11) is 0. The summed E-state index contributed by atoms with van der Waals surface area (Å²) < 4.78 is 6.13. The van der Waals surface area contributed by atoms with Gasteiger partial charge in [0.05, 0.1) is 16.2 Å². The van der Waals surface area contributed by atoms with Crippen molar-refractivity contribution in [2.24, 2.45) is 17.8 Å². The molecule has 1 aliphatic heterocycles. The molecule has 0 aromatic heterocycles. The molecule has 1 saturated heterocycles. The maximum atomic E-state index is 11.8. The zero-order valence-corrected chi connectivity index (χ0v) is 12.5. The summed E-state index contributed by atoms with van der Waals surface area (Å²) in [5, 5.41) is 0.201. The van der Waals surface area contributed by atoms with Gasteiger partial charge in [-0.25, -0.2) is 0 Å². The number of fused-ring (bicyclic) bond motifs is 1. The van der Waals surface area contributed by atoms with E-state index in [0.29, 0.717) is 5.92 Å². The van der Waals surface area contributed by atoms with E-state index in [1.165, 1.54) is 0 Å². The van der Waals surface area contributed by atoms with E-state index in [1.807, 2.05) is 0 Å². The zero-order valence-electron chi connectivity index (χ0n) is 9.50. The Labute approximate surface area is 130 Å². The fourth-order valence-electron chi connectivity index (χ4n) is 3.85. The molecular weight excluding hydrogens is 330 g/mol. The third-order valence-electron chi connectivity index (χ3n) is 4.65. The Kier molecular flexibility index (Phi) is 2.55. The Bertz CT molecular complexity index is 576. The number of rotatable bonds is 0. The molecule has 4 aliphatic rings. The molecule has 19 heavy (non-hydrogen) atoms. The Hall–Kier alpha value is 0.01000. The van der Waals surface area contributed by atoms with Crippen molar-refractivity contribution in [1.82, 2.24) is 0 Å². The number of hydrogen-bond acceptors (Lipinski definition) is 2. The highest BCUT2D eigenvalue weighted by molar-refractivity contribution is 6.61. The molecule has 0 N–H and O–H groups in total. The predicted octanol–water partition coefficient (Wildman–Crippen LogP) is 3.91. The van der Waals surface area contributed by atoms with E-state index in [2.05, 4.69) is 12.2 Å². The first kappa shape index (κ1) is 12.7. The van der Waals surface area contributed by atoms with Crippen LogP contribution < -0.4 is 0 Å². The van der Waals surface area contributed by atoms with Crippen LogP contribution in [0.4, 0.5) is 0 Å². The molecule has 0 aromatic rings. The lowest BCUT2D eigenvalue weighted by atomic mass is 9.76. The third-order valence-corrected chi connectivity index (χ3v) is 6.51. The van der Waals surface area contributed by atoms with E-state index in [0.717, 1.165) is 6.42 Å². The maximum Gasteiger partial charge on any atom is 0.218 e. The average molecular weight is 338 g/mol. The summed E-state index contributed by atoms with van der Waals surface area (Å²) in [5.41, 5.74) is -1.01. The van der Waals surface area contributed by atoms with Gasteiger partial charge in [-0.2, -0.15) is 0 Å². The molecule has 4 bridgehead atoms. The summed E-state index contributed by atoms with van der Waals surface area (Å²) in [4.78, 5) is 11.8. The van der Waals surface area contributed by atoms with E-state index in [-0.39, 0.29) is 38.1 Å². The number of halogens is 4. The summed E-state index contributed by atoms with van der Waals surface area (Å²) in [6.45, 7) is 0. The van der Waals surface area contributed by atoms with Gasteiger partial charge < -0.3 is 4.74 Å². The van der Waals surface area contributed by atoms with E-state index in [9.17, 15) is 4.79 Å². The largest absolute Gasteiger partial charge is 0.359 e.